The van der Waals surface area contributed by atoms with Gasteiger partial charge in [0.15, 0.2) is 0 Å². The molecule has 0 bridgehead atoms. The van der Waals surface area contributed by atoms with Gasteiger partial charge in [0.25, 0.3) is 0 Å². The van der Waals surface area contributed by atoms with E-state index in [-0.39, 0.29) is 5.54 Å². The number of hydrogen-bond acceptors (Lipinski definition) is 3. The number of nitrogens with one attached hydrogen (secondary N) is 1. The Balaban J connectivity index is 2.22. The van der Waals surface area contributed by atoms with Crippen LogP contribution in [0.4, 0.5) is 0 Å². The first kappa shape index (κ1) is 16.3. The number of likely N-dealkylation sites (tertiary alicyclic amines) is 1. The topological polar surface area (TPSA) is 24.5 Å². The fourth-order valence-corrected chi connectivity index (χ4v) is 3.53. The molecule has 0 amide bonds. The quantitative estimate of drug-likeness (QED) is 0.866. The van der Waals surface area contributed by atoms with Crippen molar-refractivity contribution in [3.8, 4) is 5.75 Å². The highest BCUT2D eigenvalue weighted by atomic mass is 16.5. The van der Waals surface area contributed by atoms with Gasteiger partial charge in [0.2, 0.25) is 0 Å². The molecule has 1 aromatic carbocycles. The van der Waals surface area contributed by atoms with Crippen molar-refractivity contribution in [2.24, 2.45) is 0 Å². The molecule has 1 saturated heterocycles. The van der Waals surface area contributed by atoms with Crippen molar-refractivity contribution in [3.05, 3.63) is 29.8 Å². The molecule has 21 heavy (non-hydrogen) atoms. The van der Waals surface area contributed by atoms with E-state index in [0.29, 0.717) is 12.6 Å². The van der Waals surface area contributed by atoms with Crippen molar-refractivity contribution >= 4 is 0 Å². The predicted molar refractivity (Wildman–Crippen MR) is 88.9 cm³/mol. The van der Waals surface area contributed by atoms with Gasteiger partial charge < -0.3 is 10.1 Å². The van der Waals surface area contributed by atoms with E-state index in [1.165, 1.54) is 37.9 Å². The number of ether oxygens (including phenoxy) is 1. The second kappa shape index (κ2) is 7.28. The minimum Gasteiger partial charge on any atom is -0.494 e. The van der Waals surface area contributed by atoms with Gasteiger partial charge in [-0.1, -0.05) is 18.6 Å². The summed E-state index contributed by atoms with van der Waals surface area (Å²) in [7, 11) is 2.06. The molecule has 0 radical (unpaired) electrons. The van der Waals surface area contributed by atoms with Crippen LogP contribution in [-0.2, 0) is 0 Å². The summed E-state index contributed by atoms with van der Waals surface area (Å²) < 4.78 is 5.66. The van der Waals surface area contributed by atoms with E-state index < -0.39 is 0 Å². The van der Waals surface area contributed by atoms with E-state index in [9.17, 15) is 0 Å². The highest BCUT2D eigenvalue weighted by Gasteiger charge is 2.36. The molecule has 0 aromatic heterocycles. The zero-order valence-corrected chi connectivity index (χ0v) is 14.0. The Morgan fingerprint density at radius 2 is 1.95 bits per heavy atom. The smallest absolute Gasteiger partial charge is 0.119 e. The van der Waals surface area contributed by atoms with Crippen LogP contribution in [0.15, 0.2) is 24.3 Å². The van der Waals surface area contributed by atoms with E-state index in [1.807, 2.05) is 13.0 Å². The molecule has 3 nitrogen and oxygen atoms in total. The average Bonchev–Trinajstić information content (AvgIpc) is 2.49. The van der Waals surface area contributed by atoms with Gasteiger partial charge in [-0.05, 0) is 71.4 Å². The number of benzene rings is 1. The average molecular weight is 290 g/mol. The molecule has 1 heterocycles. The second-order valence-corrected chi connectivity index (χ2v) is 6.43. The van der Waals surface area contributed by atoms with Crippen molar-refractivity contribution in [1.29, 1.82) is 0 Å². The molecule has 1 atom stereocenters. The third kappa shape index (κ3) is 3.78. The largest absolute Gasteiger partial charge is 0.494 e. The Morgan fingerprint density at radius 1 is 1.24 bits per heavy atom. The summed E-state index contributed by atoms with van der Waals surface area (Å²) >= 11 is 0. The van der Waals surface area contributed by atoms with Gasteiger partial charge in [-0.2, -0.15) is 0 Å². The van der Waals surface area contributed by atoms with Crippen LogP contribution in [0.25, 0.3) is 0 Å². The summed E-state index contributed by atoms with van der Waals surface area (Å²) in [6.45, 7) is 9.86. The lowest BCUT2D eigenvalue weighted by Crippen LogP contribution is -2.53. The number of likely N-dealkylation sites (N-methyl/N-ethyl adjacent to an activating group) is 1. The van der Waals surface area contributed by atoms with Crippen LogP contribution in [-0.4, -0.2) is 37.2 Å². The summed E-state index contributed by atoms with van der Waals surface area (Å²) in [5.74, 6) is 0.963. The summed E-state index contributed by atoms with van der Waals surface area (Å²) in [4.78, 5) is 2.63. The first-order chi connectivity index (χ1) is 10.1. The van der Waals surface area contributed by atoms with E-state index in [1.54, 1.807) is 0 Å². The molecule has 0 spiro atoms. The molecule has 118 valence electrons. The summed E-state index contributed by atoms with van der Waals surface area (Å²) in [5.41, 5.74) is 1.40. The van der Waals surface area contributed by atoms with Crippen LogP contribution < -0.4 is 10.1 Å². The predicted octanol–water partition coefficient (Wildman–Crippen LogP) is 3.61. The SMILES string of the molecule is CCOc1cccc(C(NC)C(C)(C)N2CCCCC2)c1. The van der Waals surface area contributed by atoms with Crippen LogP contribution in [0.2, 0.25) is 0 Å². The van der Waals surface area contributed by atoms with Crippen LogP contribution in [0.5, 0.6) is 5.75 Å². The maximum Gasteiger partial charge on any atom is 0.119 e. The fourth-order valence-electron chi connectivity index (χ4n) is 3.53. The van der Waals surface area contributed by atoms with E-state index >= 15 is 0 Å². The Morgan fingerprint density at radius 3 is 2.57 bits per heavy atom. The highest BCUT2D eigenvalue weighted by molar-refractivity contribution is 5.32. The molecule has 3 heteroatoms. The van der Waals surface area contributed by atoms with Gasteiger partial charge >= 0.3 is 0 Å². The van der Waals surface area contributed by atoms with Gasteiger partial charge in [0.05, 0.1) is 12.6 Å². The monoisotopic (exact) mass is 290 g/mol. The molecule has 2 rings (SSSR count). The minimum atomic E-state index is 0.0972. The number of rotatable bonds is 6. The Labute approximate surface area is 129 Å². The number of nitrogens with zero attached hydrogens (tertiary/aromatic N) is 1. The van der Waals surface area contributed by atoms with Gasteiger partial charge in [-0.25, -0.2) is 0 Å². The van der Waals surface area contributed by atoms with Gasteiger partial charge in [-0.3, -0.25) is 4.90 Å². The highest BCUT2D eigenvalue weighted by Crippen LogP contribution is 2.34. The van der Waals surface area contributed by atoms with Crippen LogP contribution in [0.1, 0.15) is 51.6 Å². The Kier molecular flexibility index (Phi) is 5.65. The third-order valence-corrected chi connectivity index (χ3v) is 4.67. The lowest BCUT2D eigenvalue weighted by atomic mass is 9.85. The third-order valence-electron chi connectivity index (χ3n) is 4.67. The fraction of sp³-hybridized carbons (Fsp3) is 0.667. The summed E-state index contributed by atoms with van der Waals surface area (Å²) in [5, 5.41) is 3.53. The van der Waals surface area contributed by atoms with Crippen molar-refractivity contribution < 1.29 is 4.74 Å². The van der Waals surface area contributed by atoms with Crippen molar-refractivity contribution in [1.82, 2.24) is 10.2 Å². The van der Waals surface area contributed by atoms with Gasteiger partial charge in [0, 0.05) is 5.54 Å². The summed E-state index contributed by atoms with van der Waals surface area (Å²) in [6, 6.07) is 8.81. The van der Waals surface area contributed by atoms with Crippen molar-refractivity contribution in [3.63, 3.8) is 0 Å². The molecule has 1 unspecified atom stereocenters. The molecule has 1 aliphatic heterocycles. The molecule has 1 N–H and O–H groups in total. The maximum absolute atomic E-state index is 5.66. The van der Waals surface area contributed by atoms with Crippen molar-refractivity contribution in [2.75, 3.05) is 26.7 Å². The Bertz CT molecular complexity index is 439. The molecule has 0 aliphatic carbocycles. The normalized spacial score (nSPS) is 18.5. The van der Waals surface area contributed by atoms with Gasteiger partial charge in [0.1, 0.15) is 5.75 Å². The van der Waals surface area contributed by atoms with Crippen molar-refractivity contribution in [2.45, 2.75) is 51.6 Å². The molecule has 1 aliphatic rings. The zero-order chi connectivity index (χ0) is 15.3. The van der Waals surface area contributed by atoms with E-state index in [4.69, 9.17) is 4.74 Å². The first-order valence-corrected chi connectivity index (χ1v) is 8.24. The molecular formula is C18H30N2O. The second-order valence-electron chi connectivity index (χ2n) is 6.43. The first-order valence-electron chi connectivity index (χ1n) is 8.24. The van der Waals surface area contributed by atoms with Crippen LogP contribution in [0, 0.1) is 0 Å². The standard InChI is InChI=1S/C18H30N2O/c1-5-21-16-11-9-10-15(14-16)17(19-4)18(2,3)20-12-7-6-8-13-20/h9-11,14,17,19H,5-8,12-13H2,1-4H3. The Hall–Kier alpha value is -1.06. The minimum absolute atomic E-state index is 0.0972. The summed E-state index contributed by atoms with van der Waals surface area (Å²) in [6.07, 6.45) is 4.01. The molecule has 1 fully saturated rings. The van der Waals surface area contributed by atoms with Crippen LogP contribution >= 0.6 is 0 Å². The maximum atomic E-state index is 5.66. The van der Waals surface area contributed by atoms with Gasteiger partial charge in [-0.15, -0.1) is 0 Å². The number of hydrogen-bond donors (Lipinski definition) is 1. The van der Waals surface area contributed by atoms with E-state index in [0.717, 1.165) is 5.75 Å². The lowest BCUT2D eigenvalue weighted by Gasteiger charge is -2.46. The molecule has 1 aromatic rings. The lowest BCUT2D eigenvalue weighted by molar-refractivity contribution is 0.0632. The number of piperidine rings is 1. The van der Waals surface area contributed by atoms with E-state index in [2.05, 4.69) is 49.3 Å². The molecule has 0 saturated carbocycles. The molecular weight excluding hydrogens is 260 g/mol. The zero-order valence-electron chi connectivity index (χ0n) is 14.0. The van der Waals surface area contributed by atoms with Crippen LogP contribution in [0.3, 0.4) is 0 Å².